The fourth-order valence-corrected chi connectivity index (χ4v) is 3.69. The first-order chi connectivity index (χ1) is 12.5. The Labute approximate surface area is 160 Å². The molecule has 4 nitrogen and oxygen atoms in total. The third-order valence-electron chi connectivity index (χ3n) is 4.83. The van der Waals surface area contributed by atoms with Crippen molar-refractivity contribution in [2.24, 2.45) is 0 Å². The zero-order valence-corrected chi connectivity index (χ0v) is 16.3. The lowest BCUT2D eigenvalue weighted by molar-refractivity contribution is -0.117. The van der Waals surface area contributed by atoms with Crippen LogP contribution in [0.3, 0.4) is 0 Å². The molecule has 0 bridgehead atoms. The van der Waals surface area contributed by atoms with Crippen molar-refractivity contribution in [3.8, 4) is 0 Å². The van der Waals surface area contributed by atoms with Crippen LogP contribution in [0.5, 0.6) is 0 Å². The van der Waals surface area contributed by atoms with E-state index in [1.165, 1.54) is 11.1 Å². The third-order valence-corrected chi connectivity index (χ3v) is 5.05. The number of rotatable bonds is 4. The molecule has 1 saturated heterocycles. The Bertz CT molecular complexity index is 834. The normalized spacial score (nSPS) is 15.0. The number of aryl methyl sites for hydroxylation is 2. The summed E-state index contributed by atoms with van der Waals surface area (Å²) >= 11 is 5.49. The number of hydrogen-bond acceptors (Lipinski definition) is 2. The zero-order valence-electron chi connectivity index (χ0n) is 15.5. The number of carbonyl (C=O) groups excluding carboxylic acids is 1. The number of nitrogens with one attached hydrogen (secondary N) is 2. The minimum Gasteiger partial charge on any atom is -0.356 e. The van der Waals surface area contributed by atoms with Crippen molar-refractivity contribution in [3.05, 3.63) is 59.2 Å². The topological polar surface area (TPSA) is 44.4 Å². The summed E-state index contributed by atoms with van der Waals surface area (Å²) in [5.74, 6) is 0.194. The summed E-state index contributed by atoms with van der Waals surface area (Å²) < 4.78 is 0. The molecule has 1 atom stereocenters. The predicted octanol–water partition coefficient (Wildman–Crippen LogP) is 4.48. The summed E-state index contributed by atoms with van der Waals surface area (Å²) in [6.45, 7) is 7.01. The fraction of sp³-hybridized carbons (Fsp3) is 0.333. The third kappa shape index (κ3) is 4.05. The summed E-state index contributed by atoms with van der Waals surface area (Å²) in [6.07, 6.45) is 1.55. The van der Waals surface area contributed by atoms with E-state index in [-0.39, 0.29) is 11.9 Å². The molecule has 1 aliphatic rings. The molecule has 2 N–H and O–H groups in total. The molecule has 0 aliphatic carbocycles. The van der Waals surface area contributed by atoms with Crippen molar-refractivity contribution in [3.63, 3.8) is 0 Å². The Morgan fingerprint density at radius 2 is 1.92 bits per heavy atom. The van der Waals surface area contributed by atoms with E-state index in [1.54, 1.807) is 0 Å². The number of amides is 1. The Morgan fingerprint density at radius 1 is 1.15 bits per heavy atom. The smallest absolute Gasteiger partial charge is 0.227 e. The summed E-state index contributed by atoms with van der Waals surface area (Å²) in [5, 5.41) is 7.16. The average molecular weight is 368 g/mol. The fourth-order valence-electron chi connectivity index (χ4n) is 3.40. The van der Waals surface area contributed by atoms with Crippen molar-refractivity contribution in [2.45, 2.75) is 39.7 Å². The summed E-state index contributed by atoms with van der Waals surface area (Å²) in [4.78, 5) is 13.9. The van der Waals surface area contributed by atoms with Gasteiger partial charge in [-0.15, -0.1) is 0 Å². The molecule has 5 heteroatoms. The van der Waals surface area contributed by atoms with Gasteiger partial charge in [0.25, 0.3) is 0 Å². The quantitative estimate of drug-likeness (QED) is 0.782. The maximum Gasteiger partial charge on any atom is 0.227 e. The van der Waals surface area contributed by atoms with Crippen LogP contribution in [0.4, 0.5) is 11.4 Å². The van der Waals surface area contributed by atoms with Gasteiger partial charge in [-0.3, -0.25) is 4.79 Å². The van der Waals surface area contributed by atoms with E-state index in [1.807, 2.05) is 42.2 Å². The summed E-state index contributed by atoms with van der Waals surface area (Å²) in [7, 11) is 0. The molecule has 1 unspecified atom stereocenters. The van der Waals surface area contributed by atoms with E-state index in [0.717, 1.165) is 29.9 Å². The van der Waals surface area contributed by atoms with Crippen LogP contribution in [0, 0.1) is 13.8 Å². The van der Waals surface area contributed by atoms with Gasteiger partial charge >= 0.3 is 0 Å². The molecule has 26 heavy (non-hydrogen) atoms. The van der Waals surface area contributed by atoms with Crippen molar-refractivity contribution in [2.75, 3.05) is 16.8 Å². The molecule has 3 rings (SSSR count). The lowest BCUT2D eigenvalue weighted by atomic mass is 10.0. The lowest BCUT2D eigenvalue weighted by Crippen LogP contribution is -2.31. The maximum atomic E-state index is 12.1. The molecule has 1 aliphatic heterocycles. The Balaban J connectivity index is 1.70. The maximum absolute atomic E-state index is 12.1. The number of nitrogens with zero attached hydrogens (tertiary/aromatic N) is 1. The van der Waals surface area contributed by atoms with E-state index in [4.69, 9.17) is 12.2 Å². The minimum absolute atomic E-state index is 0.112. The van der Waals surface area contributed by atoms with Crippen LogP contribution in [-0.4, -0.2) is 17.6 Å². The second-order valence-corrected chi connectivity index (χ2v) is 7.24. The van der Waals surface area contributed by atoms with E-state index in [9.17, 15) is 4.79 Å². The number of benzene rings is 2. The van der Waals surface area contributed by atoms with Crippen molar-refractivity contribution in [1.82, 2.24) is 5.32 Å². The summed E-state index contributed by atoms with van der Waals surface area (Å²) in [6, 6.07) is 14.4. The molecule has 1 fully saturated rings. The Kier molecular flexibility index (Phi) is 5.57. The molecule has 1 amide bonds. The highest BCUT2D eigenvalue weighted by Gasteiger charge is 2.23. The van der Waals surface area contributed by atoms with Gasteiger partial charge < -0.3 is 15.5 Å². The van der Waals surface area contributed by atoms with Gasteiger partial charge in [0.1, 0.15) is 0 Å². The Hall–Kier alpha value is -2.40. The van der Waals surface area contributed by atoms with Crippen LogP contribution < -0.4 is 15.5 Å². The second-order valence-electron chi connectivity index (χ2n) is 6.83. The van der Waals surface area contributed by atoms with Crippen LogP contribution in [0.15, 0.2) is 42.5 Å². The highest BCUT2D eigenvalue weighted by molar-refractivity contribution is 7.80. The van der Waals surface area contributed by atoms with Crippen LogP contribution in [0.1, 0.15) is 42.5 Å². The number of thiocarbonyl (C=S) groups is 1. The molecule has 0 radical (unpaired) electrons. The first-order valence-electron chi connectivity index (χ1n) is 9.00. The Morgan fingerprint density at radius 3 is 2.62 bits per heavy atom. The van der Waals surface area contributed by atoms with Crippen molar-refractivity contribution >= 4 is 34.6 Å². The van der Waals surface area contributed by atoms with Crippen LogP contribution in [0.2, 0.25) is 0 Å². The average Bonchev–Trinajstić information content (AvgIpc) is 3.02. The highest BCUT2D eigenvalue weighted by Crippen LogP contribution is 2.28. The lowest BCUT2D eigenvalue weighted by Gasteiger charge is -2.21. The molecule has 1 heterocycles. The standard InChI is InChI=1S/C21H25N3OS/c1-14-7-4-5-8-18(14)16(3)22-21(26)23-17-11-10-15(2)19(13-17)24-12-6-9-20(24)25/h4-5,7-8,10-11,13,16H,6,9,12H2,1-3H3,(H2,22,23,26). The first kappa shape index (κ1) is 18.4. The first-order valence-corrected chi connectivity index (χ1v) is 9.40. The highest BCUT2D eigenvalue weighted by atomic mass is 32.1. The minimum atomic E-state index is 0.112. The largest absolute Gasteiger partial charge is 0.356 e. The van der Waals surface area contributed by atoms with Crippen LogP contribution >= 0.6 is 12.2 Å². The predicted molar refractivity (Wildman–Crippen MR) is 112 cm³/mol. The van der Waals surface area contributed by atoms with Gasteiger partial charge in [-0.25, -0.2) is 0 Å². The van der Waals surface area contributed by atoms with Crippen LogP contribution in [-0.2, 0) is 4.79 Å². The molecular formula is C21H25N3OS. The van der Waals surface area contributed by atoms with E-state index >= 15 is 0 Å². The van der Waals surface area contributed by atoms with Gasteiger partial charge in [-0.1, -0.05) is 30.3 Å². The van der Waals surface area contributed by atoms with Crippen molar-refractivity contribution in [1.29, 1.82) is 0 Å². The van der Waals surface area contributed by atoms with Crippen molar-refractivity contribution < 1.29 is 4.79 Å². The molecule has 0 saturated carbocycles. The molecule has 0 aromatic heterocycles. The molecule has 2 aromatic carbocycles. The van der Waals surface area contributed by atoms with Gasteiger partial charge in [-0.05, 0) is 68.2 Å². The van der Waals surface area contributed by atoms with Gasteiger partial charge in [0.05, 0.1) is 6.04 Å². The second kappa shape index (κ2) is 7.87. The number of hydrogen-bond donors (Lipinski definition) is 2. The van der Waals surface area contributed by atoms with E-state index < -0.39 is 0 Å². The monoisotopic (exact) mass is 367 g/mol. The van der Waals surface area contributed by atoms with E-state index in [2.05, 4.69) is 36.6 Å². The van der Waals surface area contributed by atoms with Gasteiger partial charge in [0.2, 0.25) is 5.91 Å². The van der Waals surface area contributed by atoms with Gasteiger partial charge in [0, 0.05) is 24.3 Å². The zero-order chi connectivity index (χ0) is 18.7. The van der Waals surface area contributed by atoms with Crippen LogP contribution in [0.25, 0.3) is 0 Å². The summed E-state index contributed by atoms with van der Waals surface area (Å²) in [5.41, 5.74) is 5.41. The van der Waals surface area contributed by atoms with Gasteiger partial charge in [-0.2, -0.15) is 0 Å². The molecular weight excluding hydrogens is 342 g/mol. The number of carbonyl (C=O) groups is 1. The van der Waals surface area contributed by atoms with E-state index in [0.29, 0.717) is 11.5 Å². The molecule has 2 aromatic rings. The molecule has 0 spiro atoms. The van der Waals surface area contributed by atoms with Gasteiger partial charge in [0.15, 0.2) is 5.11 Å². The molecule has 136 valence electrons. The SMILES string of the molecule is Cc1ccccc1C(C)NC(=S)Nc1ccc(C)c(N2CCCC2=O)c1. The number of anilines is 2.